The lowest BCUT2D eigenvalue weighted by molar-refractivity contribution is -0.155. The Labute approximate surface area is 200 Å². The standard InChI is InChI=1S/C27H33N3O4/c1-18(25(34-2)23-13-8-14-28-23)26(31)30(17-19-9-4-3-5-10-19)24(27(32)33)15-20-16-29-22-12-7-6-11-21(20)22/h3-7,9-12,16,18,23-25,28-29H,8,13-15,17H2,1-2H3,(H,32,33)/t18-,23+,24+,25-/m1/s1. The summed E-state index contributed by atoms with van der Waals surface area (Å²) < 4.78 is 5.76. The van der Waals surface area contributed by atoms with Crippen molar-refractivity contribution in [3.8, 4) is 0 Å². The number of nitrogens with one attached hydrogen (secondary N) is 2. The van der Waals surface area contributed by atoms with Crippen molar-refractivity contribution in [3.63, 3.8) is 0 Å². The van der Waals surface area contributed by atoms with Crippen molar-refractivity contribution in [2.75, 3.05) is 13.7 Å². The number of aromatic amines is 1. The van der Waals surface area contributed by atoms with Gasteiger partial charge in [-0.05, 0) is 36.6 Å². The largest absolute Gasteiger partial charge is 0.480 e. The molecule has 34 heavy (non-hydrogen) atoms. The fraction of sp³-hybridized carbons (Fsp3) is 0.407. The summed E-state index contributed by atoms with van der Waals surface area (Å²) in [4.78, 5) is 31.2. The van der Waals surface area contributed by atoms with Crippen LogP contribution < -0.4 is 5.32 Å². The summed E-state index contributed by atoms with van der Waals surface area (Å²) in [5.74, 6) is -1.72. The Balaban J connectivity index is 1.66. The number of rotatable bonds is 10. The zero-order valence-corrected chi connectivity index (χ0v) is 19.7. The molecule has 0 saturated carbocycles. The zero-order chi connectivity index (χ0) is 24.1. The van der Waals surface area contributed by atoms with Crippen LogP contribution in [0, 0.1) is 5.92 Å². The first-order valence-corrected chi connectivity index (χ1v) is 11.9. The Morgan fingerprint density at radius 2 is 1.88 bits per heavy atom. The number of aromatic nitrogens is 1. The average Bonchev–Trinajstić information content (AvgIpc) is 3.52. The van der Waals surface area contributed by atoms with Gasteiger partial charge >= 0.3 is 5.97 Å². The monoisotopic (exact) mass is 463 g/mol. The van der Waals surface area contributed by atoms with Gasteiger partial charge in [0.25, 0.3) is 0 Å². The second kappa shape index (κ2) is 10.8. The summed E-state index contributed by atoms with van der Waals surface area (Å²) in [7, 11) is 1.62. The van der Waals surface area contributed by atoms with Crippen LogP contribution in [-0.4, -0.2) is 58.7 Å². The molecular formula is C27H33N3O4. The van der Waals surface area contributed by atoms with E-state index in [9.17, 15) is 14.7 Å². The minimum Gasteiger partial charge on any atom is -0.480 e. The number of methoxy groups -OCH3 is 1. The van der Waals surface area contributed by atoms with Gasteiger partial charge in [-0.25, -0.2) is 4.79 Å². The number of hydrogen-bond acceptors (Lipinski definition) is 4. The predicted octanol–water partition coefficient (Wildman–Crippen LogP) is 3.60. The molecule has 1 aliphatic rings. The molecule has 0 aliphatic carbocycles. The first-order valence-electron chi connectivity index (χ1n) is 11.9. The fourth-order valence-electron chi connectivity index (χ4n) is 5.07. The topological polar surface area (TPSA) is 94.7 Å². The fourth-order valence-corrected chi connectivity index (χ4v) is 5.07. The van der Waals surface area contributed by atoms with E-state index in [4.69, 9.17) is 4.74 Å². The number of carbonyl (C=O) groups is 2. The van der Waals surface area contributed by atoms with E-state index >= 15 is 0 Å². The molecule has 0 unspecified atom stereocenters. The van der Waals surface area contributed by atoms with Crippen molar-refractivity contribution in [3.05, 3.63) is 71.9 Å². The lowest BCUT2D eigenvalue weighted by Crippen LogP contribution is -2.52. The molecule has 1 fully saturated rings. The molecule has 2 aromatic carbocycles. The van der Waals surface area contributed by atoms with Crippen molar-refractivity contribution < 1.29 is 19.4 Å². The molecule has 0 radical (unpaired) electrons. The van der Waals surface area contributed by atoms with E-state index in [1.165, 1.54) is 4.90 Å². The number of carboxylic acids is 1. The summed E-state index contributed by atoms with van der Waals surface area (Å²) in [5, 5.41) is 14.7. The SMILES string of the molecule is CO[C@@H]([C@@H]1CCCN1)[C@@H](C)C(=O)N(Cc1ccccc1)[C@@H](Cc1c[nH]c2ccccc12)C(=O)O. The number of nitrogens with zero attached hydrogens (tertiary/aromatic N) is 1. The van der Waals surface area contributed by atoms with E-state index < -0.39 is 17.9 Å². The molecule has 4 atom stereocenters. The number of H-pyrrole nitrogens is 1. The molecule has 1 amide bonds. The average molecular weight is 464 g/mol. The highest BCUT2D eigenvalue weighted by atomic mass is 16.5. The Morgan fingerprint density at radius 1 is 1.15 bits per heavy atom. The van der Waals surface area contributed by atoms with E-state index in [1.54, 1.807) is 7.11 Å². The minimum atomic E-state index is -1.02. The van der Waals surface area contributed by atoms with Crippen LogP contribution in [0.1, 0.15) is 30.9 Å². The lowest BCUT2D eigenvalue weighted by atomic mass is 9.93. The molecule has 3 aromatic rings. The van der Waals surface area contributed by atoms with Crippen molar-refractivity contribution in [2.45, 2.75) is 50.9 Å². The Kier molecular flexibility index (Phi) is 7.65. The van der Waals surface area contributed by atoms with Crippen LogP contribution in [0.3, 0.4) is 0 Å². The first-order chi connectivity index (χ1) is 16.5. The van der Waals surface area contributed by atoms with E-state index in [-0.39, 0.29) is 31.0 Å². The van der Waals surface area contributed by atoms with Gasteiger partial charge < -0.3 is 25.0 Å². The molecule has 1 aliphatic heterocycles. The summed E-state index contributed by atoms with van der Waals surface area (Å²) in [6.07, 6.45) is 3.71. The van der Waals surface area contributed by atoms with Gasteiger partial charge in [0.1, 0.15) is 6.04 Å². The highest BCUT2D eigenvalue weighted by Crippen LogP contribution is 2.26. The van der Waals surface area contributed by atoms with Crippen LogP contribution in [-0.2, 0) is 27.3 Å². The number of carboxylic acid groups (broad SMARTS) is 1. The molecule has 0 spiro atoms. The highest BCUT2D eigenvalue weighted by molar-refractivity contribution is 5.87. The second-order valence-electron chi connectivity index (χ2n) is 9.06. The number of fused-ring (bicyclic) bond motifs is 1. The first kappa shape index (κ1) is 24.0. The Morgan fingerprint density at radius 3 is 2.56 bits per heavy atom. The Hall–Kier alpha value is -3.16. The number of hydrogen-bond donors (Lipinski definition) is 3. The molecule has 7 heteroatoms. The van der Waals surface area contributed by atoms with Crippen LogP contribution in [0.25, 0.3) is 10.9 Å². The maximum Gasteiger partial charge on any atom is 0.326 e. The van der Waals surface area contributed by atoms with Crippen molar-refractivity contribution in [2.24, 2.45) is 5.92 Å². The molecular weight excluding hydrogens is 430 g/mol. The molecule has 180 valence electrons. The molecule has 1 saturated heterocycles. The van der Waals surface area contributed by atoms with Gasteiger partial charge in [-0.1, -0.05) is 55.5 Å². The molecule has 1 aromatic heterocycles. The molecule has 7 nitrogen and oxygen atoms in total. The van der Waals surface area contributed by atoms with Crippen molar-refractivity contribution in [1.29, 1.82) is 0 Å². The maximum absolute atomic E-state index is 13.9. The number of para-hydroxylation sites is 1. The van der Waals surface area contributed by atoms with Gasteiger partial charge in [-0.15, -0.1) is 0 Å². The van der Waals surface area contributed by atoms with Crippen molar-refractivity contribution >= 4 is 22.8 Å². The second-order valence-corrected chi connectivity index (χ2v) is 9.06. The highest BCUT2D eigenvalue weighted by Gasteiger charge is 2.39. The van der Waals surface area contributed by atoms with E-state index in [0.717, 1.165) is 41.4 Å². The summed E-state index contributed by atoms with van der Waals surface area (Å²) in [6.45, 7) is 2.97. The van der Waals surface area contributed by atoms with Gasteiger partial charge in [-0.3, -0.25) is 4.79 Å². The lowest BCUT2D eigenvalue weighted by Gasteiger charge is -2.35. The van der Waals surface area contributed by atoms with Crippen LogP contribution in [0.2, 0.25) is 0 Å². The maximum atomic E-state index is 13.9. The third-order valence-electron chi connectivity index (χ3n) is 6.88. The zero-order valence-electron chi connectivity index (χ0n) is 19.7. The van der Waals surface area contributed by atoms with Gasteiger partial charge in [0.05, 0.1) is 12.0 Å². The third kappa shape index (κ3) is 5.16. The molecule has 0 bridgehead atoms. The van der Waals surface area contributed by atoms with Crippen LogP contribution in [0.5, 0.6) is 0 Å². The quantitative estimate of drug-likeness (QED) is 0.427. The van der Waals surface area contributed by atoms with Gasteiger partial charge in [0.15, 0.2) is 0 Å². The third-order valence-corrected chi connectivity index (χ3v) is 6.88. The van der Waals surface area contributed by atoms with Gasteiger partial charge in [-0.2, -0.15) is 0 Å². The normalized spacial score (nSPS) is 18.5. The van der Waals surface area contributed by atoms with E-state index in [2.05, 4.69) is 10.3 Å². The van der Waals surface area contributed by atoms with Crippen LogP contribution in [0.4, 0.5) is 0 Å². The summed E-state index contributed by atoms with van der Waals surface area (Å²) in [5.41, 5.74) is 2.71. The molecule has 4 rings (SSSR count). The van der Waals surface area contributed by atoms with Crippen LogP contribution in [0.15, 0.2) is 60.8 Å². The predicted molar refractivity (Wildman–Crippen MR) is 131 cm³/mol. The van der Waals surface area contributed by atoms with E-state index in [1.807, 2.05) is 67.7 Å². The summed E-state index contributed by atoms with van der Waals surface area (Å²) >= 11 is 0. The smallest absolute Gasteiger partial charge is 0.326 e. The minimum absolute atomic E-state index is 0.0828. The molecule has 2 heterocycles. The number of aliphatic carboxylic acids is 1. The Bertz CT molecular complexity index is 1110. The number of carbonyl (C=O) groups excluding carboxylic acids is 1. The van der Waals surface area contributed by atoms with Crippen LogP contribution >= 0.6 is 0 Å². The van der Waals surface area contributed by atoms with Crippen molar-refractivity contribution in [1.82, 2.24) is 15.2 Å². The van der Waals surface area contributed by atoms with Gasteiger partial charge in [0.2, 0.25) is 5.91 Å². The summed E-state index contributed by atoms with van der Waals surface area (Å²) in [6, 6.07) is 16.4. The number of amides is 1. The van der Waals surface area contributed by atoms with Gasteiger partial charge in [0, 0.05) is 43.2 Å². The number of benzene rings is 2. The number of ether oxygens (including phenoxy) is 1. The molecule has 3 N–H and O–H groups in total. The van der Waals surface area contributed by atoms with E-state index in [0.29, 0.717) is 0 Å².